The van der Waals surface area contributed by atoms with Crippen LogP contribution in [0, 0.1) is 13.8 Å². The van der Waals surface area contributed by atoms with Gasteiger partial charge in [0.2, 0.25) is 11.8 Å². The number of rotatable bonds is 12. The Morgan fingerprint density at radius 2 is 1.35 bits per heavy atom. The fraction of sp³-hybridized carbons (Fsp3) is 0.556. The molecule has 3 unspecified atom stereocenters. The van der Waals surface area contributed by atoms with Gasteiger partial charge in [-0.25, -0.2) is 9.59 Å². The van der Waals surface area contributed by atoms with Crippen LogP contribution >= 0.6 is 0 Å². The van der Waals surface area contributed by atoms with Crippen LogP contribution in [0.25, 0.3) is 0 Å². The third kappa shape index (κ3) is 11.5. The number of alkyl carbamates (subject to hydrolysis) is 1. The lowest BCUT2D eigenvalue weighted by atomic mass is 9.90. The van der Waals surface area contributed by atoms with Crippen molar-refractivity contribution in [1.29, 1.82) is 0 Å². The second kappa shape index (κ2) is 15.6. The number of carbonyl (C=O) groups excluding carboxylic acids is 4. The van der Waals surface area contributed by atoms with Crippen LogP contribution in [0.2, 0.25) is 0 Å². The highest BCUT2D eigenvalue weighted by atomic mass is 16.6. The van der Waals surface area contributed by atoms with Crippen LogP contribution in [0.3, 0.4) is 0 Å². The lowest BCUT2D eigenvalue weighted by Gasteiger charge is -2.44. The summed E-state index contributed by atoms with van der Waals surface area (Å²) in [6.07, 6.45) is -0.294. The molecule has 3 N–H and O–H groups in total. The molecule has 0 fully saturated rings. The molecular weight excluding hydrogens is 586 g/mol. The van der Waals surface area contributed by atoms with Gasteiger partial charge in [-0.05, 0) is 86.8 Å². The summed E-state index contributed by atoms with van der Waals surface area (Å²) in [6.45, 7) is 18.9. The zero-order chi connectivity index (χ0) is 35.0. The number of ether oxygens (including phenoxy) is 2. The van der Waals surface area contributed by atoms with Crippen molar-refractivity contribution >= 4 is 23.9 Å². The summed E-state index contributed by atoms with van der Waals surface area (Å²) in [7, 11) is 0. The van der Waals surface area contributed by atoms with Crippen LogP contribution < -0.4 is 10.6 Å². The summed E-state index contributed by atoms with van der Waals surface area (Å²) in [6, 6.07) is 11.1. The topological polar surface area (TPSA) is 134 Å². The lowest BCUT2D eigenvalue weighted by Crippen LogP contribution is -2.61. The Bertz CT molecular complexity index is 1340. The van der Waals surface area contributed by atoms with Crippen molar-refractivity contribution in [2.75, 3.05) is 6.61 Å². The molecule has 0 radical (unpaired) electrons. The summed E-state index contributed by atoms with van der Waals surface area (Å²) in [5.41, 5.74) is 0.470. The molecule has 0 aliphatic rings. The molecule has 0 bridgehead atoms. The van der Waals surface area contributed by atoms with E-state index in [1.165, 1.54) is 4.90 Å². The average Bonchev–Trinajstić information content (AvgIpc) is 2.91. The number of aryl methyl sites for hydroxylation is 2. The van der Waals surface area contributed by atoms with Crippen molar-refractivity contribution in [3.8, 4) is 0 Å². The number of nitrogens with one attached hydrogen (secondary N) is 2. The first-order valence-electron chi connectivity index (χ1n) is 15.8. The summed E-state index contributed by atoms with van der Waals surface area (Å²) in [5, 5.41) is 15.7. The summed E-state index contributed by atoms with van der Waals surface area (Å²) >= 11 is 0. The van der Waals surface area contributed by atoms with Crippen molar-refractivity contribution < 1.29 is 33.8 Å². The molecule has 3 amide bonds. The second-order valence-corrected chi connectivity index (χ2v) is 14.4. The molecule has 2 rings (SSSR count). The highest BCUT2D eigenvalue weighted by Crippen LogP contribution is 2.33. The Labute approximate surface area is 274 Å². The maximum atomic E-state index is 14.6. The number of esters is 1. The van der Waals surface area contributed by atoms with E-state index in [0.717, 1.165) is 16.7 Å². The molecule has 2 aromatic rings. The molecule has 0 aliphatic carbocycles. The van der Waals surface area contributed by atoms with Crippen LogP contribution in [0.15, 0.2) is 48.5 Å². The van der Waals surface area contributed by atoms with Gasteiger partial charge in [-0.15, -0.1) is 0 Å². The zero-order valence-electron chi connectivity index (χ0n) is 29.3. The maximum absolute atomic E-state index is 14.6. The van der Waals surface area contributed by atoms with E-state index in [2.05, 4.69) is 10.6 Å². The molecule has 46 heavy (non-hydrogen) atoms. The Morgan fingerprint density at radius 1 is 0.804 bits per heavy atom. The number of amides is 3. The van der Waals surface area contributed by atoms with Crippen molar-refractivity contribution in [3.63, 3.8) is 0 Å². The monoisotopic (exact) mass is 639 g/mol. The van der Waals surface area contributed by atoms with Gasteiger partial charge in [0.25, 0.3) is 0 Å². The molecule has 0 aliphatic heterocycles. The van der Waals surface area contributed by atoms with Crippen LogP contribution in [-0.2, 0) is 30.3 Å². The van der Waals surface area contributed by atoms with Crippen molar-refractivity contribution in [3.05, 3.63) is 70.8 Å². The first kappa shape index (κ1) is 38.3. The van der Waals surface area contributed by atoms with Gasteiger partial charge in [0.1, 0.15) is 29.3 Å². The number of aliphatic hydroxyl groups is 1. The number of nitrogens with zero attached hydrogens (tertiary/aromatic N) is 1. The number of hydrogen-bond acceptors (Lipinski definition) is 7. The van der Waals surface area contributed by atoms with Crippen molar-refractivity contribution in [2.45, 2.75) is 124 Å². The molecular formula is C36H53N3O7. The fourth-order valence-electron chi connectivity index (χ4n) is 5.00. The van der Waals surface area contributed by atoms with Gasteiger partial charge < -0.3 is 30.1 Å². The van der Waals surface area contributed by atoms with Gasteiger partial charge in [-0.3, -0.25) is 9.59 Å². The minimum Gasteiger partial charge on any atom is -0.458 e. The predicted octanol–water partition coefficient (Wildman–Crippen LogP) is 5.32. The van der Waals surface area contributed by atoms with Crippen LogP contribution in [0.5, 0.6) is 0 Å². The summed E-state index contributed by atoms with van der Waals surface area (Å²) in [4.78, 5) is 56.6. The Hall–Kier alpha value is -3.92. The molecule has 0 heterocycles. The first-order valence-corrected chi connectivity index (χ1v) is 15.8. The molecule has 254 valence electrons. The standard InChI is InChI=1S/C36H53N3O7/c1-12-36(10,11)39(31(42)28(22-40)38-33(44)46-35(7,8)9)29(26-19-23(2)18-24(3)20-26)30(41)37-27(32(43)45-34(4,5)6)21-25-16-14-13-15-17-25/h13-20,27-29,40H,12,21-22H2,1-11H3,(H,37,41)(H,38,44). The van der Waals surface area contributed by atoms with Gasteiger partial charge in [0, 0.05) is 12.0 Å². The van der Waals surface area contributed by atoms with E-state index in [9.17, 15) is 24.3 Å². The van der Waals surface area contributed by atoms with E-state index in [4.69, 9.17) is 9.47 Å². The molecule has 0 saturated heterocycles. The average molecular weight is 640 g/mol. The highest BCUT2D eigenvalue weighted by molar-refractivity contribution is 5.94. The minimum atomic E-state index is -1.41. The summed E-state index contributed by atoms with van der Waals surface area (Å²) in [5.74, 6) is -1.91. The predicted molar refractivity (Wildman–Crippen MR) is 178 cm³/mol. The number of carbonyl (C=O) groups is 4. The zero-order valence-corrected chi connectivity index (χ0v) is 29.3. The van der Waals surface area contributed by atoms with Gasteiger partial charge in [0.15, 0.2) is 0 Å². The third-order valence-electron chi connectivity index (χ3n) is 7.28. The number of benzene rings is 2. The molecule has 0 aromatic heterocycles. The fourth-order valence-corrected chi connectivity index (χ4v) is 5.00. The summed E-state index contributed by atoms with van der Waals surface area (Å²) < 4.78 is 11.1. The van der Waals surface area contributed by atoms with E-state index >= 15 is 0 Å². The van der Waals surface area contributed by atoms with Crippen LogP contribution in [-0.4, -0.2) is 69.3 Å². The molecule has 3 atom stereocenters. The SMILES string of the molecule is CCC(C)(C)N(C(=O)C(CO)NC(=O)OC(C)(C)C)C(C(=O)NC(Cc1ccccc1)C(=O)OC(C)(C)C)c1cc(C)cc(C)c1. The van der Waals surface area contributed by atoms with E-state index in [0.29, 0.717) is 12.0 Å². The lowest BCUT2D eigenvalue weighted by molar-refractivity contribution is -0.159. The molecule has 0 saturated carbocycles. The van der Waals surface area contributed by atoms with Gasteiger partial charge in [0.05, 0.1) is 6.61 Å². The minimum absolute atomic E-state index is 0.158. The smallest absolute Gasteiger partial charge is 0.408 e. The molecule has 10 nitrogen and oxygen atoms in total. The van der Waals surface area contributed by atoms with Crippen LogP contribution in [0.4, 0.5) is 4.79 Å². The Morgan fingerprint density at radius 3 is 1.83 bits per heavy atom. The first-order chi connectivity index (χ1) is 21.2. The normalized spacial score (nSPS) is 14.0. The number of hydrogen-bond donors (Lipinski definition) is 3. The molecule has 0 spiro atoms. The van der Waals surface area contributed by atoms with E-state index in [1.54, 1.807) is 41.5 Å². The highest BCUT2D eigenvalue weighted by Gasteiger charge is 2.44. The van der Waals surface area contributed by atoms with Crippen LogP contribution in [0.1, 0.15) is 97.0 Å². The van der Waals surface area contributed by atoms with E-state index in [-0.39, 0.29) is 6.42 Å². The molecule has 10 heteroatoms. The maximum Gasteiger partial charge on any atom is 0.408 e. The second-order valence-electron chi connectivity index (χ2n) is 14.4. The van der Waals surface area contributed by atoms with Crippen molar-refractivity contribution in [2.24, 2.45) is 0 Å². The Balaban J connectivity index is 2.70. The number of aliphatic hydroxyl groups excluding tert-OH is 1. The third-order valence-corrected chi connectivity index (χ3v) is 7.28. The Kier molecular flexibility index (Phi) is 13.0. The van der Waals surface area contributed by atoms with Gasteiger partial charge >= 0.3 is 12.1 Å². The molecule has 2 aromatic carbocycles. The van der Waals surface area contributed by atoms with E-state index in [1.807, 2.05) is 83.1 Å². The van der Waals surface area contributed by atoms with Gasteiger partial charge in [-0.2, -0.15) is 0 Å². The van der Waals surface area contributed by atoms with Gasteiger partial charge in [-0.1, -0.05) is 66.6 Å². The van der Waals surface area contributed by atoms with E-state index < -0.39 is 65.4 Å². The van der Waals surface area contributed by atoms with Crippen molar-refractivity contribution in [1.82, 2.24) is 15.5 Å². The quantitative estimate of drug-likeness (QED) is 0.268. The largest absolute Gasteiger partial charge is 0.458 e.